The lowest BCUT2D eigenvalue weighted by Crippen LogP contribution is -2.32. The Morgan fingerprint density at radius 1 is 1.28 bits per heavy atom. The fourth-order valence-corrected chi connectivity index (χ4v) is 4.49. The molecule has 0 unspecified atom stereocenters. The number of nitrogens with two attached hydrogens (primary N) is 1. The average molecular weight is 489 g/mol. The van der Waals surface area contributed by atoms with Crippen molar-refractivity contribution in [1.29, 1.82) is 0 Å². The summed E-state index contributed by atoms with van der Waals surface area (Å²) >= 11 is 0. The van der Waals surface area contributed by atoms with Crippen LogP contribution in [0.2, 0.25) is 0 Å². The second kappa shape index (κ2) is 12.1. The Morgan fingerprint density at radius 3 is 2.64 bits per heavy atom. The number of ether oxygens (including phenoxy) is 1. The van der Waals surface area contributed by atoms with Crippen molar-refractivity contribution in [2.24, 2.45) is 21.3 Å². The van der Waals surface area contributed by atoms with Gasteiger partial charge in [-0.05, 0) is 55.5 Å². The van der Waals surface area contributed by atoms with Gasteiger partial charge in [-0.1, -0.05) is 58.5 Å². The summed E-state index contributed by atoms with van der Waals surface area (Å²) in [6, 6.07) is 10.5. The molecule has 191 valence electrons. The standard InChI is InChI=1S/C27H32N5O2.C2H6/c1-6-21-8-10-22(11-9-21)23-14-27(7-2,16-33-23)20(5)31-24(34-28)15-32-17-30-26-25(19(32)4)18(3)12-13-29-26;1-2/h4,8-13,17,23H,5-7,14-16,28H2,1-3H3;1-2H3/t23-,27+;/m1./s1. The molecule has 0 amide bonds. The van der Waals surface area contributed by atoms with E-state index in [0.29, 0.717) is 29.7 Å². The summed E-state index contributed by atoms with van der Waals surface area (Å²) in [5.41, 5.74) is 5.20. The van der Waals surface area contributed by atoms with Gasteiger partial charge in [0.2, 0.25) is 5.90 Å². The number of hydrogen-bond donors (Lipinski definition) is 1. The summed E-state index contributed by atoms with van der Waals surface area (Å²) in [7, 11) is 0. The predicted molar refractivity (Wildman–Crippen MR) is 147 cm³/mol. The number of rotatable bonds is 7. The maximum atomic E-state index is 6.42. The van der Waals surface area contributed by atoms with Gasteiger partial charge in [0.1, 0.15) is 6.54 Å². The summed E-state index contributed by atoms with van der Waals surface area (Å²) in [5, 5.41) is 0. The monoisotopic (exact) mass is 488 g/mol. The van der Waals surface area contributed by atoms with Gasteiger partial charge >= 0.3 is 0 Å². The van der Waals surface area contributed by atoms with E-state index in [1.807, 2.05) is 26.8 Å². The molecule has 2 atom stereocenters. The first-order valence-corrected chi connectivity index (χ1v) is 12.6. The lowest BCUT2D eigenvalue weighted by Gasteiger charge is -2.28. The van der Waals surface area contributed by atoms with Crippen molar-refractivity contribution in [3.63, 3.8) is 0 Å². The van der Waals surface area contributed by atoms with Crippen LogP contribution in [0.25, 0.3) is 5.70 Å². The van der Waals surface area contributed by atoms with Crippen LogP contribution in [0.1, 0.15) is 68.9 Å². The first kappa shape index (κ1) is 27.3. The van der Waals surface area contributed by atoms with Crippen molar-refractivity contribution in [3.8, 4) is 0 Å². The van der Waals surface area contributed by atoms with E-state index < -0.39 is 0 Å². The third-order valence-electron chi connectivity index (χ3n) is 6.91. The fraction of sp³-hybridized carbons (Fsp3) is 0.414. The highest BCUT2D eigenvalue weighted by atomic mass is 16.6. The molecule has 1 saturated heterocycles. The zero-order valence-corrected chi connectivity index (χ0v) is 22.1. The first-order valence-electron chi connectivity index (χ1n) is 12.6. The molecule has 7 heteroatoms. The van der Waals surface area contributed by atoms with E-state index in [1.54, 1.807) is 17.4 Å². The van der Waals surface area contributed by atoms with Crippen molar-refractivity contribution in [2.75, 3.05) is 13.2 Å². The average Bonchev–Trinajstić information content (AvgIpc) is 3.37. The molecule has 1 aromatic heterocycles. The van der Waals surface area contributed by atoms with Gasteiger partial charge in [-0.25, -0.2) is 15.0 Å². The Hall–Kier alpha value is -3.29. The summed E-state index contributed by atoms with van der Waals surface area (Å²) in [4.78, 5) is 20.3. The van der Waals surface area contributed by atoms with Crippen LogP contribution in [0.4, 0.5) is 5.82 Å². The van der Waals surface area contributed by atoms with Crippen LogP contribution in [0.5, 0.6) is 0 Å². The van der Waals surface area contributed by atoms with Crippen LogP contribution in [-0.4, -0.2) is 35.3 Å². The Morgan fingerprint density at radius 2 is 2.00 bits per heavy atom. The normalized spacial score (nSPS) is 21.1. The molecule has 36 heavy (non-hydrogen) atoms. The highest BCUT2D eigenvalue weighted by Gasteiger charge is 2.42. The highest BCUT2D eigenvalue weighted by Crippen LogP contribution is 2.48. The predicted octanol–water partition coefficient (Wildman–Crippen LogP) is 6.09. The molecular formula is C29H38N5O2. The molecule has 0 saturated carbocycles. The van der Waals surface area contributed by atoms with E-state index in [4.69, 9.17) is 22.1 Å². The molecule has 7 nitrogen and oxygen atoms in total. The van der Waals surface area contributed by atoms with Crippen molar-refractivity contribution in [2.45, 2.75) is 60.0 Å². The zero-order chi connectivity index (χ0) is 26.3. The van der Waals surface area contributed by atoms with Crippen LogP contribution in [0.15, 0.2) is 58.8 Å². The minimum absolute atomic E-state index is 0.00485. The molecule has 0 bridgehead atoms. The molecule has 1 fully saturated rings. The number of hydrogen-bond acceptors (Lipinski definition) is 7. The molecule has 2 N–H and O–H groups in total. The smallest absolute Gasteiger partial charge is 0.233 e. The van der Waals surface area contributed by atoms with Crippen molar-refractivity contribution >= 4 is 23.8 Å². The van der Waals surface area contributed by atoms with Crippen LogP contribution < -0.4 is 5.90 Å². The van der Waals surface area contributed by atoms with E-state index in [0.717, 1.165) is 30.4 Å². The molecule has 0 aliphatic carbocycles. The Labute approximate surface area is 215 Å². The maximum Gasteiger partial charge on any atom is 0.233 e. The first-order chi connectivity index (χ1) is 17.4. The number of nitrogens with zero attached hydrogens (tertiary/aromatic N) is 4. The topological polar surface area (TPSA) is 85.3 Å². The lowest BCUT2D eigenvalue weighted by atomic mass is 9.79. The summed E-state index contributed by atoms with van der Waals surface area (Å²) in [6.07, 6.45) is 5.99. The zero-order valence-electron chi connectivity index (χ0n) is 22.1. The number of aliphatic imine (C=N–C) groups is 2. The molecular weight excluding hydrogens is 450 g/mol. The second-order valence-electron chi connectivity index (χ2n) is 8.89. The molecule has 1 radical (unpaired) electrons. The minimum Gasteiger partial charge on any atom is -0.394 e. The number of aryl methyl sites for hydroxylation is 2. The number of fused-ring (bicyclic) bond motifs is 1. The van der Waals surface area contributed by atoms with Crippen molar-refractivity contribution in [3.05, 3.63) is 77.6 Å². The van der Waals surface area contributed by atoms with Crippen LogP contribution in [0.3, 0.4) is 0 Å². The SMILES string of the molecule is CC.[CH]=C1c2c(C)ccnc2N=CN1CC(=NC(=C)[C@]1(CC)CO[C@@H](c2ccc(CC)cc2)C1)ON. The van der Waals surface area contributed by atoms with Crippen LogP contribution >= 0.6 is 0 Å². The molecule has 4 rings (SSSR count). The quantitative estimate of drug-likeness (QED) is 0.290. The molecule has 2 aliphatic heterocycles. The maximum absolute atomic E-state index is 6.42. The lowest BCUT2D eigenvalue weighted by molar-refractivity contribution is 0.0992. The molecule has 1 aromatic carbocycles. The molecule has 2 aromatic rings. The Balaban J connectivity index is 0.00000176. The molecule has 0 spiro atoms. The van der Waals surface area contributed by atoms with E-state index >= 15 is 0 Å². The largest absolute Gasteiger partial charge is 0.394 e. The molecule has 2 aliphatic rings. The van der Waals surface area contributed by atoms with Gasteiger partial charge in [0.15, 0.2) is 5.82 Å². The van der Waals surface area contributed by atoms with E-state index in [9.17, 15) is 0 Å². The molecule has 3 heterocycles. The van der Waals surface area contributed by atoms with Gasteiger partial charge in [-0.3, -0.25) is 0 Å². The third kappa shape index (κ3) is 5.58. The van der Waals surface area contributed by atoms with Gasteiger partial charge in [0, 0.05) is 22.9 Å². The van der Waals surface area contributed by atoms with Crippen LogP contribution in [0, 0.1) is 18.9 Å². The van der Waals surface area contributed by atoms with Crippen molar-refractivity contribution in [1.82, 2.24) is 9.88 Å². The summed E-state index contributed by atoms with van der Waals surface area (Å²) < 4.78 is 6.21. The Kier molecular flexibility index (Phi) is 9.18. The fourth-order valence-electron chi connectivity index (χ4n) is 4.49. The van der Waals surface area contributed by atoms with Crippen LogP contribution in [-0.2, 0) is 16.0 Å². The van der Waals surface area contributed by atoms with Gasteiger partial charge in [-0.2, -0.15) is 5.90 Å². The number of benzene rings is 1. The van der Waals surface area contributed by atoms with Crippen molar-refractivity contribution < 1.29 is 9.57 Å². The van der Waals surface area contributed by atoms with Gasteiger partial charge in [0.05, 0.1) is 24.7 Å². The van der Waals surface area contributed by atoms with E-state index in [2.05, 4.69) is 59.7 Å². The van der Waals surface area contributed by atoms with Gasteiger partial charge in [0.25, 0.3) is 0 Å². The number of pyridine rings is 1. The van der Waals surface area contributed by atoms with E-state index in [1.165, 1.54) is 11.1 Å². The third-order valence-corrected chi connectivity index (χ3v) is 6.91. The minimum atomic E-state index is -0.295. The number of aromatic nitrogens is 1. The highest BCUT2D eigenvalue weighted by molar-refractivity contribution is 5.90. The summed E-state index contributed by atoms with van der Waals surface area (Å²) in [5.74, 6) is 6.49. The van der Waals surface area contributed by atoms with Gasteiger partial charge in [-0.15, -0.1) is 0 Å². The summed E-state index contributed by atoms with van der Waals surface area (Å²) in [6.45, 7) is 21.7. The van der Waals surface area contributed by atoms with E-state index in [-0.39, 0.29) is 18.1 Å². The Bertz CT molecular complexity index is 1140. The van der Waals surface area contributed by atoms with Gasteiger partial charge < -0.3 is 14.5 Å². The second-order valence-corrected chi connectivity index (χ2v) is 8.89.